The van der Waals surface area contributed by atoms with Crippen molar-refractivity contribution in [3.05, 3.63) is 58.1 Å². The minimum atomic E-state index is -0.465. The average Bonchev–Trinajstić information content (AvgIpc) is 3.59. The van der Waals surface area contributed by atoms with Crippen molar-refractivity contribution in [2.45, 2.75) is 18.9 Å². The topological polar surface area (TPSA) is 86.9 Å². The van der Waals surface area contributed by atoms with E-state index in [1.165, 1.54) is 22.7 Å². The van der Waals surface area contributed by atoms with Gasteiger partial charge in [0.1, 0.15) is 11.3 Å². The van der Waals surface area contributed by atoms with Crippen molar-refractivity contribution in [3.63, 3.8) is 0 Å². The molecule has 1 N–H and O–H groups in total. The minimum Gasteiger partial charge on any atom is -0.454 e. The van der Waals surface area contributed by atoms with Gasteiger partial charge < -0.3 is 14.4 Å². The summed E-state index contributed by atoms with van der Waals surface area (Å²) < 4.78 is 5.91. The van der Waals surface area contributed by atoms with Gasteiger partial charge in [-0.2, -0.15) is 0 Å². The summed E-state index contributed by atoms with van der Waals surface area (Å²) in [5.74, 6) is 0.388. The number of thiophene rings is 1. The standard InChI is InChI=1S/C23H21N3O4S2/c27-16-7-9-25(13-16)21(28)8-10-26(22(29)20-6-3-11-31-20)23-24-17(14-32-23)19-12-15-4-1-2-5-18(15)30-19/h1-6,11-12,14,16,27H,7-10,13H2. The lowest BCUT2D eigenvalue weighted by Crippen LogP contribution is -2.36. The van der Waals surface area contributed by atoms with Gasteiger partial charge in [-0.1, -0.05) is 24.3 Å². The van der Waals surface area contributed by atoms with E-state index < -0.39 is 6.10 Å². The fourth-order valence-corrected chi connectivity index (χ4v) is 5.27. The molecular formula is C23H21N3O4S2. The van der Waals surface area contributed by atoms with E-state index in [1.807, 2.05) is 47.2 Å². The van der Waals surface area contributed by atoms with Crippen molar-refractivity contribution in [2.24, 2.45) is 0 Å². The summed E-state index contributed by atoms with van der Waals surface area (Å²) >= 11 is 2.70. The highest BCUT2D eigenvalue weighted by molar-refractivity contribution is 7.14. The molecule has 7 nitrogen and oxygen atoms in total. The third kappa shape index (κ3) is 4.19. The van der Waals surface area contributed by atoms with Crippen LogP contribution in [0.25, 0.3) is 22.4 Å². The number of hydrogen-bond acceptors (Lipinski definition) is 7. The number of likely N-dealkylation sites (tertiary alicyclic amines) is 1. The van der Waals surface area contributed by atoms with E-state index in [0.717, 1.165) is 11.0 Å². The Morgan fingerprint density at radius 3 is 2.84 bits per heavy atom. The zero-order chi connectivity index (χ0) is 22.1. The van der Waals surface area contributed by atoms with E-state index >= 15 is 0 Å². The maximum atomic E-state index is 13.2. The number of nitrogens with zero attached hydrogens (tertiary/aromatic N) is 3. The summed E-state index contributed by atoms with van der Waals surface area (Å²) in [6, 6.07) is 13.3. The molecule has 1 unspecified atom stereocenters. The van der Waals surface area contributed by atoms with Crippen LogP contribution in [-0.4, -0.2) is 52.5 Å². The van der Waals surface area contributed by atoms with E-state index in [2.05, 4.69) is 4.98 Å². The van der Waals surface area contributed by atoms with E-state index in [-0.39, 0.29) is 24.8 Å². The Morgan fingerprint density at radius 1 is 1.22 bits per heavy atom. The highest BCUT2D eigenvalue weighted by Crippen LogP contribution is 2.32. The molecule has 1 saturated heterocycles. The van der Waals surface area contributed by atoms with Crippen molar-refractivity contribution in [2.75, 3.05) is 24.5 Å². The first kappa shape index (κ1) is 20.9. The van der Waals surface area contributed by atoms with Crippen LogP contribution in [0.1, 0.15) is 22.5 Å². The summed E-state index contributed by atoms with van der Waals surface area (Å²) in [7, 11) is 0. The molecule has 0 radical (unpaired) electrons. The molecule has 1 aliphatic heterocycles. The predicted octanol–water partition coefficient (Wildman–Crippen LogP) is 4.25. The van der Waals surface area contributed by atoms with Crippen LogP contribution in [0, 0.1) is 0 Å². The predicted molar refractivity (Wildman–Crippen MR) is 125 cm³/mol. The number of hydrogen-bond donors (Lipinski definition) is 1. The van der Waals surface area contributed by atoms with Crippen LogP contribution in [0.15, 0.2) is 57.6 Å². The number of carbonyl (C=O) groups excluding carboxylic acids is 2. The number of aliphatic hydroxyl groups is 1. The van der Waals surface area contributed by atoms with Crippen molar-refractivity contribution in [1.29, 1.82) is 0 Å². The second kappa shape index (κ2) is 8.85. The number of carbonyl (C=O) groups is 2. The Labute approximate surface area is 192 Å². The van der Waals surface area contributed by atoms with Gasteiger partial charge in [0.25, 0.3) is 5.91 Å². The van der Waals surface area contributed by atoms with Gasteiger partial charge in [-0.15, -0.1) is 22.7 Å². The van der Waals surface area contributed by atoms with Gasteiger partial charge in [0.15, 0.2) is 10.9 Å². The van der Waals surface area contributed by atoms with Crippen LogP contribution in [0.5, 0.6) is 0 Å². The fourth-order valence-electron chi connectivity index (χ4n) is 3.76. The Hall–Kier alpha value is -3.01. The van der Waals surface area contributed by atoms with Gasteiger partial charge >= 0.3 is 0 Å². The molecule has 0 aliphatic carbocycles. The number of thiazole rings is 1. The maximum absolute atomic E-state index is 13.2. The van der Waals surface area contributed by atoms with Crippen molar-refractivity contribution < 1.29 is 19.1 Å². The van der Waals surface area contributed by atoms with E-state index in [0.29, 0.717) is 41.0 Å². The first-order valence-electron chi connectivity index (χ1n) is 10.3. The Morgan fingerprint density at radius 2 is 2.09 bits per heavy atom. The van der Waals surface area contributed by atoms with Crippen molar-refractivity contribution in [1.82, 2.24) is 9.88 Å². The van der Waals surface area contributed by atoms with Crippen LogP contribution in [-0.2, 0) is 4.79 Å². The largest absolute Gasteiger partial charge is 0.454 e. The van der Waals surface area contributed by atoms with E-state index in [9.17, 15) is 14.7 Å². The Kier molecular flexibility index (Phi) is 5.77. The normalized spacial score (nSPS) is 16.0. The number of aromatic nitrogens is 1. The summed E-state index contributed by atoms with van der Waals surface area (Å²) in [5, 5.41) is 14.9. The van der Waals surface area contributed by atoms with E-state index in [4.69, 9.17) is 4.42 Å². The van der Waals surface area contributed by atoms with Crippen LogP contribution in [0.3, 0.4) is 0 Å². The molecule has 1 aliphatic rings. The quantitative estimate of drug-likeness (QED) is 0.458. The molecule has 5 rings (SSSR count). The number of para-hydroxylation sites is 1. The number of β-amino-alcohol motifs (C(OH)–C–C–N with tert-alkyl or cyclic N) is 1. The number of aliphatic hydroxyl groups excluding tert-OH is 1. The second-order valence-corrected chi connectivity index (χ2v) is 9.41. The number of furan rings is 1. The van der Waals surface area contributed by atoms with Crippen molar-refractivity contribution in [3.8, 4) is 11.5 Å². The number of benzene rings is 1. The van der Waals surface area contributed by atoms with Gasteiger partial charge in [0.05, 0.1) is 11.0 Å². The third-order valence-corrected chi connectivity index (χ3v) is 7.16. The lowest BCUT2D eigenvalue weighted by molar-refractivity contribution is -0.130. The molecule has 32 heavy (non-hydrogen) atoms. The molecule has 1 atom stereocenters. The number of fused-ring (bicyclic) bond motifs is 1. The molecule has 1 fully saturated rings. The fraction of sp³-hybridized carbons (Fsp3) is 0.261. The van der Waals surface area contributed by atoms with Gasteiger partial charge in [0, 0.05) is 36.8 Å². The summed E-state index contributed by atoms with van der Waals surface area (Å²) in [5.41, 5.74) is 1.43. The second-order valence-electron chi connectivity index (χ2n) is 7.63. The van der Waals surface area contributed by atoms with Crippen LogP contribution < -0.4 is 4.90 Å². The number of rotatable bonds is 6. The molecule has 0 spiro atoms. The molecule has 2 amide bonds. The molecule has 4 heterocycles. The highest BCUT2D eigenvalue weighted by Gasteiger charge is 2.27. The molecule has 0 bridgehead atoms. The smallest absolute Gasteiger partial charge is 0.270 e. The molecular weight excluding hydrogens is 446 g/mol. The molecule has 0 saturated carbocycles. The Bertz CT molecular complexity index is 1210. The summed E-state index contributed by atoms with van der Waals surface area (Å²) in [6.07, 6.45) is 0.300. The monoisotopic (exact) mass is 467 g/mol. The highest BCUT2D eigenvalue weighted by atomic mass is 32.1. The lowest BCUT2D eigenvalue weighted by atomic mass is 10.2. The van der Waals surface area contributed by atoms with Crippen LogP contribution >= 0.6 is 22.7 Å². The average molecular weight is 468 g/mol. The zero-order valence-electron chi connectivity index (χ0n) is 17.1. The molecule has 164 valence electrons. The first-order chi connectivity index (χ1) is 15.6. The van der Waals surface area contributed by atoms with Crippen LogP contribution in [0.2, 0.25) is 0 Å². The third-order valence-electron chi connectivity index (χ3n) is 5.44. The van der Waals surface area contributed by atoms with Crippen LogP contribution in [0.4, 0.5) is 5.13 Å². The molecule has 1 aromatic carbocycles. The number of anilines is 1. The molecule has 3 aromatic heterocycles. The molecule has 4 aromatic rings. The van der Waals surface area contributed by atoms with Crippen molar-refractivity contribution >= 4 is 50.6 Å². The lowest BCUT2D eigenvalue weighted by Gasteiger charge is -2.21. The van der Waals surface area contributed by atoms with Gasteiger partial charge in [-0.3, -0.25) is 14.5 Å². The van der Waals surface area contributed by atoms with Gasteiger partial charge in [-0.05, 0) is 30.0 Å². The zero-order valence-corrected chi connectivity index (χ0v) is 18.8. The van der Waals surface area contributed by atoms with Gasteiger partial charge in [-0.25, -0.2) is 4.98 Å². The first-order valence-corrected chi connectivity index (χ1v) is 12.1. The summed E-state index contributed by atoms with van der Waals surface area (Å²) in [4.78, 5) is 34.3. The SMILES string of the molecule is O=C(CCN(C(=O)c1cccs1)c1nc(-c2cc3ccccc3o2)cs1)N1CCC(O)C1. The Balaban J connectivity index is 1.39. The van der Waals surface area contributed by atoms with E-state index in [1.54, 1.807) is 15.9 Å². The molecule has 9 heteroatoms. The maximum Gasteiger partial charge on any atom is 0.270 e. The van der Waals surface area contributed by atoms with Gasteiger partial charge in [0.2, 0.25) is 5.91 Å². The summed E-state index contributed by atoms with van der Waals surface area (Å²) in [6.45, 7) is 1.12. The minimum absolute atomic E-state index is 0.0698. The number of amides is 2.